The van der Waals surface area contributed by atoms with E-state index < -0.39 is 0 Å². The van der Waals surface area contributed by atoms with E-state index in [1.165, 1.54) is 0 Å². The maximum absolute atomic E-state index is 12.8. The van der Waals surface area contributed by atoms with Crippen LogP contribution in [-0.2, 0) is 11.8 Å². The summed E-state index contributed by atoms with van der Waals surface area (Å²) in [5, 5.41) is 2.76. The lowest BCUT2D eigenvalue weighted by Crippen LogP contribution is -2.23. The van der Waals surface area contributed by atoms with Gasteiger partial charge in [-0.05, 0) is 56.7 Å². The molecule has 0 unspecified atom stereocenters. The van der Waals surface area contributed by atoms with Gasteiger partial charge in [-0.15, -0.1) is 0 Å². The van der Waals surface area contributed by atoms with Crippen LogP contribution in [0.5, 0.6) is 11.5 Å². The van der Waals surface area contributed by atoms with Gasteiger partial charge in [-0.1, -0.05) is 18.2 Å². The second-order valence-corrected chi connectivity index (χ2v) is 6.84. The van der Waals surface area contributed by atoms with Crippen molar-refractivity contribution in [2.45, 2.75) is 26.7 Å². The molecule has 0 saturated heterocycles. The molecule has 0 fully saturated rings. The number of hydrogen-bond acceptors (Lipinski definition) is 4. The van der Waals surface area contributed by atoms with Crippen LogP contribution < -0.4 is 20.3 Å². The van der Waals surface area contributed by atoms with Crippen molar-refractivity contribution in [1.82, 2.24) is 9.36 Å². The molecule has 158 valence electrons. The van der Waals surface area contributed by atoms with E-state index in [0.717, 1.165) is 17.2 Å². The van der Waals surface area contributed by atoms with Gasteiger partial charge in [-0.25, -0.2) is 4.68 Å². The molecular weight excluding hydrogens is 382 g/mol. The summed E-state index contributed by atoms with van der Waals surface area (Å²) in [6, 6.07) is 16.7. The van der Waals surface area contributed by atoms with Crippen LogP contribution in [0, 0.1) is 6.92 Å². The number of anilines is 1. The van der Waals surface area contributed by atoms with Gasteiger partial charge in [-0.3, -0.25) is 14.3 Å². The minimum Gasteiger partial charge on any atom is -0.494 e. The Morgan fingerprint density at radius 1 is 1.00 bits per heavy atom. The van der Waals surface area contributed by atoms with Crippen molar-refractivity contribution in [1.29, 1.82) is 0 Å². The third kappa shape index (κ3) is 4.92. The van der Waals surface area contributed by atoms with Gasteiger partial charge in [0.25, 0.3) is 5.56 Å². The van der Waals surface area contributed by atoms with Crippen molar-refractivity contribution in [2.24, 2.45) is 7.05 Å². The summed E-state index contributed by atoms with van der Waals surface area (Å²) < 4.78 is 14.3. The van der Waals surface area contributed by atoms with Crippen molar-refractivity contribution >= 4 is 11.6 Å². The average molecular weight is 409 g/mol. The van der Waals surface area contributed by atoms with Gasteiger partial charge in [0.2, 0.25) is 5.91 Å². The Hall–Kier alpha value is -3.48. The molecule has 0 spiro atoms. The molecule has 0 atom stereocenters. The molecule has 0 radical (unpaired) electrons. The van der Waals surface area contributed by atoms with Crippen molar-refractivity contribution in [3.63, 3.8) is 0 Å². The molecule has 0 aliphatic heterocycles. The summed E-state index contributed by atoms with van der Waals surface area (Å²) in [4.78, 5) is 25.2. The number of nitrogens with one attached hydrogen (secondary N) is 1. The SMILES string of the molecule is CCOc1ccc(OCCCC(=O)Nc2c(C)n(C)n(-c3ccccc3)c2=O)cc1. The number of benzene rings is 2. The maximum atomic E-state index is 12.8. The molecule has 30 heavy (non-hydrogen) atoms. The molecule has 1 heterocycles. The highest BCUT2D eigenvalue weighted by atomic mass is 16.5. The quantitative estimate of drug-likeness (QED) is 0.547. The highest BCUT2D eigenvalue weighted by molar-refractivity contribution is 5.91. The second kappa shape index (κ2) is 9.82. The first-order chi connectivity index (χ1) is 14.5. The molecule has 7 nitrogen and oxygen atoms in total. The van der Waals surface area contributed by atoms with Crippen LogP contribution >= 0.6 is 0 Å². The largest absolute Gasteiger partial charge is 0.494 e. The van der Waals surface area contributed by atoms with E-state index in [0.29, 0.717) is 31.0 Å². The number of carbonyl (C=O) groups is 1. The van der Waals surface area contributed by atoms with Crippen LogP contribution in [0.2, 0.25) is 0 Å². The Kier molecular flexibility index (Phi) is 6.95. The van der Waals surface area contributed by atoms with Crippen LogP contribution in [-0.4, -0.2) is 28.5 Å². The molecule has 3 aromatic rings. The standard InChI is InChI=1S/C23H27N3O4/c1-4-29-19-12-14-20(15-13-19)30-16-8-11-21(27)24-22-17(2)25(3)26(23(22)28)18-9-6-5-7-10-18/h5-7,9-10,12-15H,4,8,11,16H2,1-3H3,(H,24,27). The normalized spacial score (nSPS) is 10.6. The van der Waals surface area contributed by atoms with Gasteiger partial charge in [0, 0.05) is 13.5 Å². The number of ether oxygens (including phenoxy) is 2. The molecule has 0 bridgehead atoms. The van der Waals surface area contributed by atoms with Gasteiger partial charge in [0.1, 0.15) is 17.2 Å². The van der Waals surface area contributed by atoms with E-state index in [1.54, 1.807) is 16.4 Å². The lowest BCUT2D eigenvalue weighted by molar-refractivity contribution is -0.116. The summed E-state index contributed by atoms with van der Waals surface area (Å²) in [5.41, 5.74) is 1.50. The highest BCUT2D eigenvalue weighted by Crippen LogP contribution is 2.18. The van der Waals surface area contributed by atoms with Gasteiger partial charge in [-0.2, -0.15) is 0 Å². The van der Waals surface area contributed by atoms with Crippen molar-refractivity contribution < 1.29 is 14.3 Å². The first-order valence-corrected chi connectivity index (χ1v) is 10.0. The maximum Gasteiger partial charge on any atom is 0.295 e. The molecule has 1 amide bonds. The minimum absolute atomic E-state index is 0.212. The number of carbonyl (C=O) groups excluding carboxylic acids is 1. The number of rotatable bonds is 9. The first kappa shape index (κ1) is 21.2. The Bertz CT molecular complexity index is 1040. The van der Waals surface area contributed by atoms with Crippen LogP contribution in [0.1, 0.15) is 25.5 Å². The Morgan fingerprint density at radius 3 is 2.27 bits per heavy atom. The molecular formula is C23H27N3O4. The van der Waals surface area contributed by atoms with Gasteiger partial charge in [0.05, 0.1) is 24.6 Å². The van der Waals surface area contributed by atoms with Crippen LogP contribution in [0.3, 0.4) is 0 Å². The summed E-state index contributed by atoms with van der Waals surface area (Å²) in [5.74, 6) is 1.31. The first-order valence-electron chi connectivity index (χ1n) is 10.0. The zero-order valence-electron chi connectivity index (χ0n) is 17.6. The third-order valence-electron chi connectivity index (χ3n) is 4.77. The molecule has 0 saturated carbocycles. The van der Waals surface area contributed by atoms with Gasteiger partial charge >= 0.3 is 0 Å². The summed E-state index contributed by atoms with van der Waals surface area (Å²) in [7, 11) is 1.80. The van der Waals surface area contributed by atoms with Crippen molar-refractivity contribution in [3.8, 4) is 17.2 Å². The smallest absolute Gasteiger partial charge is 0.295 e. The lowest BCUT2D eigenvalue weighted by Gasteiger charge is -2.08. The predicted octanol–water partition coefficient (Wildman–Crippen LogP) is 3.68. The fourth-order valence-electron chi connectivity index (χ4n) is 3.14. The number of hydrogen-bond donors (Lipinski definition) is 1. The van der Waals surface area contributed by atoms with E-state index in [4.69, 9.17) is 9.47 Å². The minimum atomic E-state index is -0.250. The topological polar surface area (TPSA) is 74.5 Å². The lowest BCUT2D eigenvalue weighted by atomic mass is 10.3. The molecule has 1 aromatic heterocycles. The molecule has 7 heteroatoms. The predicted molar refractivity (Wildman–Crippen MR) is 117 cm³/mol. The fourth-order valence-corrected chi connectivity index (χ4v) is 3.14. The molecule has 2 aromatic carbocycles. The molecule has 3 rings (SSSR count). The van der Waals surface area contributed by atoms with Crippen LogP contribution in [0.25, 0.3) is 5.69 Å². The summed E-state index contributed by atoms with van der Waals surface area (Å²) in [6.07, 6.45) is 0.800. The van der Waals surface area contributed by atoms with E-state index >= 15 is 0 Å². The summed E-state index contributed by atoms with van der Waals surface area (Å²) >= 11 is 0. The molecule has 1 N–H and O–H groups in total. The van der Waals surface area contributed by atoms with Gasteiger partial charge in [0.15, 0.2) is 0 Å². The number of amides is 1. The molecule has 0 aliphatic rings. The van der Waals surface area contributed by atoms with Crippen LogP contribution in [0.4, 0.5) is 5.69 Å². The zero-order chi connectivity index (χ0) is 21.5. The fraction of sp³-hybridized carbons (Fsp3) is 0.304. The average Bonchev–Trinajstić information content (AvgIpc) is 2.96. The van der Waals surface area contributed by atoms with E-state index in [9.17, 15) is 9.59 Å². The third-order valence-corrected chi connectivity index (χ3v) is 4.77. The van der Waals surface area contributed by atoms with E-state index in [-0.39, 0.29) is 17.9 Å². The number of para-hydroxylation sites is 1. The van der Waals surface area contributed by atoms with Crippen molar-refractivity contribution in [3.05, 3.63) is 70.6 Å². The number of aromatic nitrogens is 2. The highest BCUT2D eigenvalue weighted by Gasteiger charge is 2.17. The Morgan fingerprint density at radius 2 is 1.63 bits per heavy atom. The van der Waals surface area contributed by atoms with E-state index in [2.05, 4.69) is 5.32 Å². The van der Waals surface area contributed by atoms with Crippen LogP contribution in [0.15, 0.2) is 59.4 Å². The molecule has 0 aliphatic carbocycles. The summed E-state index contributed by atoms with van der Waals surface area (Å²) in [6.45, 7) is 4.77. The second-order valence-electron chi connectivity index (χ2n) is 6.84. The van der Waals surface area contributed by atoms with Gasteiger partial charge < -0.3 is 14.8 Å². The Labute approximate surface area is 175 Å². The van der Waals surface area contributed by atoms with Crippen molar-refractivity contribution in [2.75, 3.05) is 18.5 Å². The van der Waals surface area contributed by atoms with E-state index in [1.807, 2.05) is 68.4 Å². The monoisotopic (exact) mass is 409 g/mol. The zero-order valence-corrected chi connectivity index (χ0v) is 17.6. The number of nitrogens with zero attached hydrogens (tertiary/aromatic N) is 2. The Balaban J connectivity index is 1.55.